The lowest BCUT2D eigenvalue weighted by Gasteiger charge is -2.22. The average molecular weight is 538 g/mol. The van der Waals surface area contributed by atoms with Crippen LogP contribution in [0.25, 0.3) is 0 Å². The van der Waals surface area contributed by atoms with Crippen LogP contribution in [-0.4, -0.2) is 35.6 Å². The van der Waals surface area contributed by atoms with Gasteiger partial charge in [0.25, 0.3) is 11.8 Å². The maximum Gasteiger partial charge on any atom is 0.302 e. The van der Waals surface area contributed by atoms with E-state index in [2.05, 4.69) is 15.2 Å². The van der Waals surface area contributed by atoms with Gasteiger partial charge in [-0.15, -0.1) is 0 Å². The summed E-state index contributed by atoms with van der Waals surface area (Å²) in [5, 5.41) is 5.17. The third kappa shape index (κ3) is 5.63. The highest BCUT2D eigenvalue weighted by molar-refractivity contribution is 7.96. The number of carbonyl (C=O) groups is 2. The van der Waals surface area contributed by atoms with Gasteiger partial charge in [0.2, 0.25) is 10.0 Å². The number of hydrogen-bond donors (Lipinski definition) is 2. The van der Waals surface area contributed by atoms with E-state index in [1.165, 1.54) is 25.2 Å². The quantitative estimate of drug-likeness (QED) is 0.396. The van der Waals surface area contributed by atoms with Crippen molar-refractivity contribution >= 4 is 62.2 Å². The van der Waals surface area contributed by atoms with Gasteiger partial charge in [0, 0.05) is 12.6 Å². The molecule has 9 nitrogen and oxygen atoms in total. The Balaban J connectivity index is 1.84. The molecule has 0 bridgehead atoms. The summed E-state index contributed by atoms with van der Waals surface area (Å²) in [7, 11) is -4.14. The normalized spacial score (nSPS) is 15.5. The van der Waals surface area contributed by atoms with E-state index in [1.54, 1.807) is 6.92 Å². The molecular formula is C23H24ClN3O6S2. The van der Waals surface area contributed by atoms with E-state index in [0.717, 1.165) is 22.3 Å². The first-order valence-corrected chi connectivity index (χ1v) is 12.8. The molecule has 1 heterocycles. The molecule has 0 saturated carbocycles. The number of sulfonamides is 1. The molecule has 1 aromatic carbocycles. The van der Waals surface area contributed by atoms with Gasteiger partial charge in [-0.1, -0.05) is 47.2 Å². The Kier molecular flexibility index (Phi) is 7.83. The maximum absolute atomic E-state index is 13.2. The van der Waals surface area contributed by atoms with Gasteiger partial charge in [0.15, 0.2) is 0 Å². The van der Waals surface area contributed by atoms with Gasteiger partial charge in [-0.2, -0.15) is 0 Å². The van der Waals surface area contributed by atoms with Crippen LogP contribution in [0.5, 0.6) is 0 Å². The number of nitrogens with one attached hydrogen (secondary N) is 2. The van der Waals surface area contributed by atoms with Crippen molar-refractivity contribution < 1.29 is 27.3 Å². The monoisotopic (exact) mass is 537 g/mol. The molecule has 0 spiro atoms. The molecule has 2 N–H and O–H groups in total. The van der Waals surface area contributed by atoms with E-state index in [1.807, 2.05) is 26.8 Å². The van der Waals surface area contributed by atoms with Crippen molar-refractivity contribution in [3.8, 4) is 0 Å². The van der Waals surface area contributed by atoms with Crippen LogP contribution in [0.3, 0.4) is 0 Å². The molecule has 2 aromatic rings. The second kappa shape index (κ2) is 10.3. The Hall–Kier alpha value is -3.02. The van der Waals surface area contributed by atoms with Gasteiger partial charge >= 0.3 is 5.97 Å². The van der Waals surface area contributed by atoms with Crippen LogP contribution < -0.4 is 10.0 Å². The number of thiocarbonyl (C=S) groups is 1. The molecule has 12 heteroatoms. The number of nitrogens with zero attached hydrogens (tertiary/aromatic N) is 1. The molecule has 1 atom stereocenters. The van der Waals surface area contributed by atoms with E-state index in [9.17, 15) is 18.0 Å². The second-order valence-electron chi connectivity index (χ2n) is 8.03. The number of aryl methyl sites for hydroxylation is 3. The highest BCUT2D eigenvalue weighted by Gasteiger charge is 2.35. The topological polar surface area (TPSA) is 128 Å². The van der Waals surface area contributed by atoms with Gasteiger partial charge in [-0.05, 0) is 56.0 Å². The first-order chi connectivity index (χ1) is 16.3. The predicted octanol–water partition coefficient (Wildman–Crippen LogP) is 4.24. The number of amides is 1. The smallest absolute Gasteiger partial charge is 0.302 e. The molecule has 35 heavy (non-hydrogen) atoms. The molecule has 0 aliphatic heterocycles. The molecule has 186 valence electrons. The summed E-state index contributed by atoms with van der Waals surface area (Å²) in [6.45, 7) is 8.48. The lowest BCUT2D eigenvalue weighted by Crippen LogP contribution is -2.37. The van der Waals surface area contributed by atoms with Crippen LogP contribution in [0.2, 0.25) is 5.02 Å². The summed E-state index contributed by atoms with van der Waals surface area (Å²) >= 11 is 11.4. The van der Waals surface area contributed by atoms with Crippen molar-refractivity contribution in [3.05, 3.63) is 62.8 Å². The van der Waals surface area contributed by atoms with Crippen molar-refractivity contribution in [1.82, 2.24) is 5.16 Å². The molecule has 0 radical (unpaired) electrons. The zero-order valence-corrected chi connectivity index (χ0v) is 22.1. The fraction of sp³-hybridized carbons (Fsp3) is 0.304. The number of carbonyl (C=O) groups excluding carboxylic acids is 2. The Morgan fingerprint density at radius 3 is 2.51 bits per heavy atom. The molecule has 1 aliphatic carbocycles. The predicted molar refractivity (Wildman–Crippen MR) is 137 cm³/mol. The summed E-state index contributed by atoms with van der Waals surface area (Å²) in [5.74, 6) is -1.21. The van der Waals surface area contributed by atoms with E-state index >= 15 is 0 Å². The fourth-order valence-corrected chi connectivity index (χ4v) is 5.64. The second-order valence-corrected chi connectivity index (χ2v) is 10.7. The van der Waals surface area contributed by atoms with Crippen LogP contribution in [-0.2, 0) is 31.0 Å². The highest BCUT2D eigenvalue weighted by atomic mass is 35.5. The minimum absolute atomic E-state index is 0.0265. The summed E-state index contributed by atoms with van der Waals surface area (Å²) in [5.41, 5.74) is 4.08. The largest absolute Gasteiger partial charge is 0.461 e. The van der Waals surface area contributed by atoms with Gasteiger partial charge in [-0.3, -0.25) is 9.59 Å². The fourth-order valence-electron chi connectivity index (χ4n) is 3.62. The number of ether oxygens (including phenoxy) is 1. The van der Waals surface area contributed by atoms with Crippen LogP contribution in [0, 0.1) is 27.7 Å². The zero-order valence-electron chi connectivity index (χ0n) is 19.7. The highest BCUT2D eigenvalue weighted by Crippen LogP contribution is 2.30. The third-order valence-electron chi connectivity index (χ3n) is 5.47. The van der Waals surface area contributed by atoms with E-state index in [4.69, 9.17) is 33.1 Å². The van der Waals surface area contributed by atoms with Crippen LogP contribution in [0.1, 0.15) is 34.9 Å². The van der Waals surface area contributed by atoms with Crippen molar-refractivity contribution in [1.29, 1.82) is 0 Å². The van der Waals surface area contributed by atoms with Gasteiger partial charge in [0.05, 0.1) is 10.4 Å². The first kappa shape index (κ1) is 26.6. The zero-order chi connectivity index (χ0) is 26.1. The number of halogens is 1. The van der Waals surface area contributed by atoms with Gasteiger partial charge < -0.3 is 14.6 Å². The van der Waals surface area contributed by atoms with E-state index in [0.29, 0.717) is 11.4 Å². The van der Waals surface area contributed by atoms with Crippen molar-refractivity contribution in [2.24, 2.45) is 0 Å². The minimum atomic E-state index is -4.14. The molecule has 3 rings (SSSR count). The summed E-state index contributed by atoms with van der Waals surface area (Å²) in [4.78, 5) is 24.4. The Morgan fingerprint density at radius 2 is 1.91 bits per heavy atom. The standard InChI is InChI=1S/C23H24ClN3O6S2/c1-11-9-12(2)20(13(3)17(11)10-32-15(5)28)25-22(29)16-7-6-8-18(21(16)34)35(30,31)27-23-19(24)14(4)26-33-23/h6-9,18,27H,10H2,1-5H3,(H,25,29). The number of aromatic nitrogens is 1. The molecule has 0 saturated heterocycles. The number of esters is 1. The molecule has 0 fully saturated rings. The number of benzene rings is 1. The lowest BCUT2D eigenvalue weighted by molar-refractivity contribution is -0.142. The summed E-state index contributed by atoms with van der Waals surface area (Å²) in [6.07, 6.45) is 4.26. The van der Waals surface area contributed by atoms with Crippen molar-refractivity contribution in [2.75, 3.05) is 10.0 Å². The van der Waals surface area contributed by atoms with E-state index < -0.39 is 27.1 Å². The molecular weight excluding hydrogens is 514 g/mol. The number of anilines is 2. The lowest BCUT2D eigenvalue weighted by atomic mass is 9.97. The number of allylic oxidation sites excluding steroid dienone is 2. The first-order valence-electron chi connectivity index (χ1n) is 10.4. The van der Waals surface area contributed by atoms with Gasteiger partial charge in [-0.25, -0.2) is 13.1 Å². The molecule has 1 amide bonds. The van der Waals surface area contributed by atoms with Crippen LogP contribution >= 0.6 is 23.8 Å². The van der Waals surface area contributed by atoms with Crippen molar-refractivity contribution in [2.45, 2.75) is 46.5 Å². The molecule has 1 aromatic heterocycles. The summed E-state index contributed by atoms with van der Waals surface area (Å²) < 4.78 is 38.3. The van der Waals surface area contributed by atoms with Gasteiger partial charge in [0.1, 0.15) is 22.6 Å². The average Bonchev–Trinajstić information content (AvgIpc) is 3.07. The van der Waals surface area contributed by atoms with Crippen molar-refractivity contribution in [3.63, 3.8) is 0 Å². The Bertz CT molecular complexity index is 1390. The summed E-state index contributed by atoms with van der Waals surface area (Å²) in [6, 6.07) is 1.87. The van der Waals surface area contributed by atoms with Crippen LogP contribution in [0.15, 0.2) is 34.4 Å². The van der Waals surface area contributed by atoms with Crippen LogP contribution in [0.4, 0.5) is 11.6 Å². The maximum atomic E-state index is 13.2. The SMILES string of the molecule is CC(=O)OCc1c(C)cc(C)c(NC(=O)C2=CC=CC(S(=O)(=O)Nc3onc(C)c3Cl)C2=S)c1C. The minimum Gasteiger partial charge on any atom is -0.461 e. The number of rotatable bonds is 7. The Morgan fingerprint density at radius 1 is 1.23 bits per heavy atom. The molecule has 1 unspecified atom stereocenters. The number of hydrogen-bond acceptors (Lipinski definition) is 8. The third-order valence-corrected chi connectivity index (χ3v) is 8.07. The van der Waals surface area contributed by atoms with E-state index in [-0.39, 0.29) is 28.0 Å². The Labute approximate surface area is 213 Å². The molecule has 1 aliphatic rings.